The van der Waals surface area contributed by atoms with Crippen molar-refractivity contribution in [1.82, 2.24) is 0 Å². The van der Waals surface area contributed by atoms with Crippen LogP contribution in [0.4, 0.5) is 0 Å². The summed E-state index contributed by atoms with van der Waals surface area (Å²) >= 11 is 0. The monoisotopic (exact) mass is 635 g/mol. The Bertz CT molecular complexity index is 968. The van der Waals surface area contributed by atoms with Gasteiger partial charge in [0, 0.05) is 6.42 Å². The predicted octanol–water partition coefficient (Wildman–Crippen LogP) is 14.4. The van der Waals surface area contributed by atoms with E-state index in [2.05, 4.69) is 84.1 Å². The molecule has 1 rings (SSSR count). The molecule has 0 radical (unpaired) electrons. The van der Waals surface area contributed by atoms with Crippen LogP contribution in [0.25, 0.3) is 0 Å². The molecule has 0 saturated carbocycles. The molecule has 0 spiro atoms. The van der Waals surface area contributed by atoms with Crippen molar-refractivity contribution in [2.24, 2.45) is 5.41 Å². The lowest BCUT2D eigenvalue weighted by Gasteiger charge is -2.32. The van der Waals surface area contributed by atoms with E-state index in [1.165, 1.54) is 145 Å². The summed E-state index contributed by atoms with van der Waals surface area (Å²) in [5, 5.41) is 0. The van der Waals surface area contributed by atoms with E-state index in [1.807, 2.05) is 6.08 Å². The van der Waals surface area contributed by atoms with Crippen molar-refractivity contribution in [2.45, 2.75) is 189 Å². The minimum absolute atomic E-state index is 0.0732. The van der Waals surface area contributed by atoms with Crippen LogP contribution < -0.4 is 0 Å². The fourth-order valence-electron chi connectivity index (χ4n) is 6.44. The van der Waals surface area contributed by atoms with Gasteiger partial charge in [0.15, 0.2) is 0 Å². The first-order valence-electron chi connectivity index (χ1n) is 19.5. The van der Waals surface area contributed by atoms with E-state index < -0.39 is 0 Å². The van der Waals surface area contributed by atoms with Crippen LogP contribution >= 0.6 is 0 Å². The molecular formula is C44H74O2. The summed E-state index contributed by atoms with van der Waals surface area (Å²) in [5.74, 6) is -0.0732. The largest absolute Gasteiger partial charge is 0.461 e. The molecule has 262 valence electrons. The molecule has 0 atom stereocenters. The smallest absolute Gasteiger partial charge is 0.306 e. The third-order valence-electron chi connectivity index (χ3n) is 9.57. The Morgan fingerprint density at radius 3 is 1.85 bits per heavy atom. The molecule has 1 aliphatic rings. The lowest BCUT2D eigenvalue weighted by molar-refractivity contribution is -0.142. The first-order chi connectivity index (χ1) is 22.3. The number of unbranched alkanes of at least 4 members (excludes halogenated alkanes) is 17. The zero-order valence-electron chi connectivity index (χ0n) is 31.4. The van der Waals surface area contributed by atoms with Gasteiger partial charge in [-0.15, -0.1) is 0 Å². The van der Waals surface area contributed by atoms with Gasteiger partial charge < -0.3 is 4.74 Å². The molecule has 0 aliphatic heterocycles. The minimum atomic E-state index is -0.0732. The Morgan fingerprint density at radius 2 is 1.28 bits per heavy atom. The topological polar surface area (TPSA) is 26.3 Å². The average Bonchev–Trinajstić information content (AvgIpc) is 3.01. The Hall–Kier alpha value is -2.09. The molecule has 46 heavy (non-hydrogen) atoms. The van der Waals surface area contributed by atoms with Gasteiger partial charge in [0.25, 0.3) is 0 Å². The molecule has 0 heterocycles. The van der Waals surface area contributed by atoms with E-state index in [4.69, 9.17) is 4.74 Å². The summed E-state index contributed by atoms with van der Waals surface area (Å²) in [6.07, 6.45) is 47.1. The molecule has 0 aromatic rings. The number of ether oxygens (including phenoxy) is 1. The quantitative estimate of drug-likeness (QED) is 0.0389. The van der Waals surface area contributed by atoms with Gasteiger partial charge >= 0.3 is 5.97 Å². The number of hydrogen-bond donors (Lipinski definition) is 0. The van der Waals surface area contributed by atoms with Gasteiger partial charge in [-0.3, -0.25) is 4.79 Å². The summed E-state index contributed by atoms with van der Waals surface area (Å²) in [5.41, 5.74) is 5.65. The van der Waals surface area contributed by atoms with Gasteiger partial charge in [-0.1, -0.05) is 170 Å². The molecule has 1 aliphatic carbocycles. The van der Waals surface area contributed by atoms with Crippen LogP contribution in [0, 0.1) is 5.41 Å². The van der Waals surface area contributed by atoms with E-state index >= 15 is 0 Å². The Labute approximate surface area is 287 Å². The number of carbonyl (C=O) groups is 1. The standard InChI is InChI=1S/C44H74O2/c1-7-8-9-10-11-12-13-14-15-16-17-18-19-20-21-22-23-24-25-26-27-33-43(45)46-38-36-40(3)31-28-30-39(2)34-35-42-41(4)32-29-37-44(42,5)6/h16-17,28,30-31,34-36H,7-15,18-27,29,32-33,37-38H2,1-6H3/b17-16-,31-28+,35-34+,39-30+,40-36+. The maximum Gasteiger partial charge on any atom is 0.306 e. The molecule has 0 aromatic heterocycles. The van der Waals surface area contributed by atoms with Crippen molar-refractivity contribution in [3.8, 4) is 0 Å². The third-order valence-corrected chi connectivity index (χ3v) is 9.57. The zero-order valence-corrected chi connectivity index (χ0v) is 31.4. The van der Waals surface area contributed by atoms with Gasteiger partial charge in [0.05, 0.1) is 0 Å². The third kappa shape index (κ3) is 23.3. The van der Waals surface area contributed by atoms with Crippen LogP contribution in [0.3, 0.4) is 0 Å². The van der Waals surface area contributed by atoms with Gasteiger partial charge in [0.1, 0.15) is 6.61 Å². The van der Waals surface area contributed by atoms with Crippen molar-refractivity contribution >= 4 is 5.97 Å². The molecular weight excluding hydrogens is 560 g/mol. The highest BCUT2D eigenvalue weighted by atomic mass is 16.5. The lowest BCUT2D eigenvalue weighted by atomic mass is 9.72. The van der Waals surface area contributed by atoms with Crippen molar-refractivity contribution in [3.05, 3.63) is 70.9 Å². The highest BCUT2D eigenvalue weighted by Crippen LogP contribution is 2.40. The summed E-state index contributed by atoms with van der Waals surface area (Å²) in [4.78, 5) is 12.1. The second kappa shape index (κ2) is 28.0. The van der Waals surface area contributed by atoms with Crippen LogP contribution in [0.5, 0.6) is 0 Å². The number of allylic oxidation sites excluding steroid dienone is 11. The molecule has 0 bridgehead atoms. The van der Waals surface area contributed by atoms with Gasteiger partial charge in [0.2, 0.25) is 0 Å². The Balaban J connectivity index is 1.98. The van der Waals surface area contributed by atoms with Gasteiger partial charge in [-0.05, 0) is 89.2 Å². The van der Waals surface area contributed by atoms with E-state index in [0.717, 1.165) is 18.4 Å². The van der Waals surface area contributed by atoms with E-state index in [1.54, 1.807) is 0 Å². The second-order valence-electron chi connectivity index (χ2n) is 14.6. The van der Waals surface area contributed by atoms with Crippen LogP contribution in [-0.4, -0.2) is 12.6 Å². The number of hydrogen-bond acceptors (Lipinski definition) is 2. The molecule has 0 saturated heterocycles. The maximum atomic E-state index is 12.1. The highest BCUT2D eigenvalue weighted by Gasteiger charge is 2.26. The number of carbonyl (C=O) groups excluding carboxylic acids is 1. The number of rotatable bonds is 27. The van der Waals surface area contributed by atoms with Crippen molar-refractivity contribution in [3.63, 3.8) is 0 Å². The van der Waals surface area contributed by atoms with Crippen LogP contribution in [0.1, 0.15) is 189 Å². The average molecular weight is 635 g/mol. The molecule has 0 aromatic carbocycles. The van der Waals surface area contributed by atoms with Crippen molar-refractivity contribution < 1.29 is 9.53 Å². The van der Waals surface area contributed by atoms with Gasteiger partial charge in [-0.2, -0.15) is 0 Å². The molecule has 0 unspecified atom stereocenters. The summed E-state index contributed by atoms with van der Waals surface area (Å²) in [7, 11) is 0. The fraction of sp³-hybridized carbons (Fsp3) is 0.705. The first kappa shape index (κ1) is 41.9. The maximum absolute atomic E-state index is 12.1. The minimum Gasteiger partial charge on any atom is -0.461 e. The SMILES string of the molecule is CCCCCCCCCC/C=C\CCCCCCCCCCCC(=O)OC/C=C(C)/C=C/C=C(C)/C=C/C1=C(C)CCCC1(C)C. The highest BCUT2D eigenvalue weighted by molar-refractivity contribution is 5.69. The van der Waals surface area contributed by atoms with Crippen molar-refractivity contribution in [2.75, 3.05) is 6.61 Å². The van der Waals surface area contributed by atoms with Crippen LogP contribution in [0.2, 0.25) is 0 Å². The normalized spacial score (nSPS) is 16.0. The molecule has 0 amide bonds. The lowest BCUT2D eigenvalue weighted by Crippen LogP contribution is -2.19. The zero-order chi connectivity index (χ0) is 33.7. The molecule has 2 heteroatoms. The summed E-state index contributed by atoms with van der Waals surface area (Å²) < 4.78 is 5.43. The molecule has 2 nitrogen and oxygen atoms in total. The van der Waals surface area contributed by atoms with E-state index in [-0.39, 0.29) is 11.4 Å². The van der Waals surface area contributed by atoms with Crippen LogP contribution in [-0.2, 0) is 9.53 Å². The Morgan fingerprint density at radius 1 is 0.739 bits per heavy atom. The summed E-state index contributed by atoms with van der Waals surface area (Å²) in [6, 6.07) is 0. The molecule has 0 fully saturated rings. The summed E-state index contributed by atoms with van der Waals surface area (Å²) in [6.45, 7) is 13.8. The second-order valence-corrected chi connectivity index (χ2v) is 14.6. The van der Waals surface area contributed by atoms with Crippen LogP contribution in [0.15, 0.2) is 70.9 Å². The van der Waals surface area contributed by atoms with Gasteiger partial charge in [-0.25, -0.2) is 0 Å². The van der Waals surface area contributed by atoms with Crippen molar-refractivity contribution in [1.29, 1.82) is 0 Å². The molecule has 0 N–H and O–H groups in total. The first-order valence-corrected chi connectivity index (χ1v) is 19.5. The predicted molar refractivity (Wildman–Crippen MR) is 204 cm³/mol. The Kier molecular flexibility index (Phi) is 25.5. The van der Waals surface area contributed by atoms with E-state index in [9.17, 15) is 4.79 Å². The fourth-order valence-corrected chi connectivity index (χ4v) is 6.44. The van der Waals surface area contributed by atoms with E-state index in [0.29, 0.717) is 13.0 Å². The number of esters is 1.